The number of nitrogens with two attached hydrogens (primary N) is 1. The highest BCUT2D eigenvalue weighted by molar-refractivity contribution is 5.80. The predicted molar refractivity (Wildman–Crippen MR) is 146 cm³/mol. The van der Waals surface area contributed by atoms with E-state index < -0.39 is 18.5 Å². The van der Waals surface area contributed by atoms with Crippen LogP contribution in [0.25, 0.3) is 0 Å². The lowest BCUT2D eigenvalue weighted by atomic mass is 9.47. The quantitative estimate of drug-likeness (QED) is 0.347. The molecule has 0 radical (unpaired) electrons. The summed E-state index contributed by atoms with van der Waals surface area (Å²) in [5.41, 5.74) is 6.29. The van der Waals surface area contributed by atoms with Crippen LogP contribution >= 0.6 is 0 Å². The highest BCUT2D eigenvalue weighted by atomic mass is 19.4. The lowest BCUT2D eigenvalue weighted by molar-refractivity contribution is -0.274. The topological polar surface area (TPSA) is 149 Å². The van der Waals surface area contributed by atoms with Gasteiger partial charge in [0.1, 0.15) is 23.2 Å². The van der Waals surface area contributed by atoms with E-state index in [1.807, 2.05) is 0 Å². The van der Waals surface area contributed by atoms with Gasteiger partial charge in [-0.25, -0.2) is 4.98 Å². The molecule has 42 heavy (non-hydrogen) atoms. The molecule has 4 atom stereocenters. The molecule has 1 saturated heterocycles. The van der Waals surface area contributed by atoms with Gasteiger partial charge in [0.15, 0.2) is 0 Å². The number of amides is 1. The summed E-state index contributed by atoms with van der Waals surface area (Å²) in [5.74, 6) is 1.27. The molecule has 1 amide bonds. The van der Waals surface area contributed by atoms with Crippen molar-refractivity contribution in [3.05, 3.63) is 41.6 Å². The number of likely N-dealkylation sites (tertiary alicyclic amines) is 1. The van der Waals surface area contributed by atoms with E-state index in [0.29, 0.717) is 43.1 Å². The van der Waals surface area contributed by atoms with E-state index in [2.05, 4.69) is 36.3 Å². The van der Waals surface area contributed by atoms with Gasteiger partial charge >= 0.3 is 6.36 Å². The number of alkyl halides is 3. The van der Waals surface area contributed by atoms with E-state index in [9.17, 15) is 28.3 Å². The van der Waals surface area contributed by atoms with Crippen LogP contribution in [0.2, 0.25) is 0 Å². The zero-order valence-corrected chi connectivity index (χ0v) is 23.0. The third kappa shape index (κ3) is 5.70. The van der Waals surface area contributed by atoms with E-state index in [1.54, 1.807) is 6.07 Å². The Morgan fingerprint density at radius 2 is 1.93 bits per heavy atom. The molecular weight excluding hydrogens is 551 g/mol. The second-order valence-corrected chi connectivity index (χ2v) is 12.4. The molecule has 10 nitrogen and oxygen atoms in total. The summed E-state index contributed by atoms with van der Waals surface area (Å²) < 4.78 is 42.5. The first-order valence-corrected chi connectivity index (χ1v) is 14.3. The van der Waals surface area contributed by atoms with Gasteiger partial charge in [-0.3, -0.25) is 9.69 Å². The van der Waals surface area contributed by atoms with E-state index in [4.69, 9.17) is 5.73 Å². The molecule has 4 aliphatic carbocycles. The minimum absolute atomic E-state index is 0.00848. The number of aromatic nitrogens is 2. The lowest BCUT2D eigenvalue weighted by Gasteiger charge is -2.62. The van der Waals surface area contributed by atoms with Gasteiger partial charge in [-0.15, -0.1) is 13.2 Å². The molecular formula is C29H34F3N7O3. The third-order valence-corrected chi connectivity index (χ3v) is 9.55. The number of aliphatic hydroxyl groups excluding tert-OH is 1. The smallest absolute Gasteiger partial charge is 0.405 e. The molecule has 5 aliphatic rings. The largest absolute Gasteiger partial charge is 0.573 e. The maximum absolute atomic E-state index is 12.8. The number of halogens is 3. The maximum atomic E-state index is 12.8. The van der Waals surface area contributed by atoms with Gasteiger partial charge in [0.2, 0.25) is 11.9 Å². The molecule has 1 aromatic carbocycles. The Hall–Kier alpha value is -3.63. The van der Waals surface area contributed by atoms with Crippen molar-refractivity contribution >= 4 is 17.7 Å². The summed E-state index contributed by atoms with van der Waals surface area (Å²) in [6, 6.07) is 7.77. The molecule has 0 spiro atoms. The van der Waals surface area contributed by atoms with Crippen molar-refractivity contribution in [3.8, 4) is 11.8 Å². The second-order valence-electron chi connectivity index (χ2n) is 12.4. The number of ether oxygens (including phenoxy) is 1. The summed E-state index contributed by atoms with van der Waals surface area (Å²) in [7, 11) is 0. The van der Waals surface area contributed by atoms with Crippen LogP contribution in [0.5, 0.6) is 5.75 Å². The van der Waals surface area contributed by atoms with Crippen molar-refractivity contribution in [1.29, 1.82) is 5.26 Å². The van der Waals surface area contributed by atoms with E-state index in [-0.39, 0.29) is 46.7 Å². The molecule has 4 saturated carbocycles. The van der Waals surface area contributed by atoms with Crippen LogP contribution in [0, 0.1) is 34.5 Å². The van der Waals surface area contributed by atoms with Gasteiger partial charge in [-0.1, -0.05) is 18.2 Å². The van der Waals surface area contributed by atoms with E-state index in [0.717, 1.165) is 32.1 Å². The zero-order chi connectivity index (χ0) is 29.6. The Morgan fingerprint density at radius 1 is 1.19 bits per heavy atom. The van der Waals surface area contributed by atoms with Gasteiger partial charge in [-0.2, -0.15) is 10.2 Å². The van der Waals surface area contributed by atoms with Gasteiger partial charge in [0.05, 0.1) is 18.3 Å². The van der Waals surface area contributed by atoms with Crippen molar-refractivity contribution in [1.82, 2.24) is 14.9 Å². The molecule has 5 N–H and O–H groups in total. The number of nitrogens with zero attached hydrogens (tertiary/aromatic N) is 4. The first kappa shape index (κ1) is 28.5. The fraction of sp³-hybridized carbons (Fsp3) is 0.586. The Balaban J connectivity index is 1.14. The van der Waals surface area contributed by atoms with Crippen molar-refractivity contribution in [3.63, 3.8) is 0 Å². The number of hydrogen-bond donors (Lipinski definition) is 4. The van der Waals surface area contributed by atoms with Crippen LogP contribution < -0.4 is 21.1 Å². The minimum atomic E-state index is -4.81. The highest BCUT2D eigenvalue weighted by Crippen LogP contribution is 2.61. The van der Waals surface area contributed by atoms with Crippen molar-refractivity contribution in [2.75, 3.05) is 23.7 Å². The number of carbonyl (C=O) groups is 1. The summed E-state index contributed by atoms with van der Waals surface area (Å²) in [5, 5.41) is 26.4. The average molecular weight is 586 g/mol. The molecule has 7 rings (SSSR count). The molecule has 1 aromatic heterocycles. The predicted octanol–water partition coefficient (Wildman–Crippen LogP) is 3.39. The Kier molecular flexibility index (Phi) is 7.39. The molecule has 2 heterocycles. The van der Waals surface area contributed by atoms with Crippen LogP contribution in [0.3, 0.4) is 0 Å². The molecule has 2 aromatic rings. The number of aliphatic hydroxyl groups is 1. The van der Waals surface area contributed by atoms with Gasteiger partial charge in [0.25, 0.3) is 0 Å². The number of nitrogens with one attached hydrogen (secondary N) is 2. The number of primary amides is 1. The van der Waals surface area contributed by atoms with Crippen LogP contribution in [0.4, 0.5) is 24.9 Å². The van der Waals surface area contributed by atoms with Gasteiger partial charge < -0.3 is 26.2 Å². The second kappa shape index (κ2) is 10.9. The normalized spacial score (nSPS) is 32.0. The zero-order valence-electron chi connectivity index (χ0n) is 23.0. The fourth-order valence-electron chi connectivity index (χ4n) is 8.37. The number of para-hydroxylation sites is 1. The summed E-state index contributed by atoms with van der Waals surface area (Å²) in [6.07, 6.45) is 1.68. The van der Waals surface area contributed by atoms with Crippen LogP contribution in [-0.4, -0.2) is 63.5 Å². The number of rotatable bonds is 9. The Labute approximate surface area is 241 Å². The maximum Gasteiger partial charge on any atom is 0.573 e. The molecule has 0 unspecified atom stereocenters. The number of anilines is 2. The molecule has 13 heteroatoms. The molecule has 1 aliphatic heterocycles. The number of nitriles is 1. The average Bonchev–Trinajstić information content (AvgIpc) is 3.31. The van der Waals surface area contributed by atoms with Gasteiger partial charge in [-0.05, 0) is 67.8 Å². The van der Waals surface area contributed by atoms with Crippen molar-refractivity contribution in [2.45, 2.75) is 69.6 Å². The minimum Gasteiger partial charge on any atom is -0.405 e. The van der Waals surface area contributed by atoms with Crippen LogP contribution in [-0.2, 0) is 11.3 Å². The molecule has 4 bridgehead atoms. The molecule has 224 valence electrons. The fourth-order valence-corrected chi connectivity index (χ4v) is 8.37. The Bertz CT molecular complexity index is 1370. The first-order chi connectivity index (χ1) is 20.0. The number of carbonyl (C=O) groups excluding carboxylic acids is 1. The first-order valence-electron chi connectivity index (χ1n) is 14.3. The van der Waals surface area contributed by atoms with Gasteiger partial charge in [0, 0.05) is 31.2 Å². The van der Waals surface area contributed by atoms with E-state index in [1.165, 1.54) is 24.4 Å². The van der Waals surface area contributed by atoms with Crippen LogP contribution in [0.1, 0.15) is 49.7 Å². The molecule has 5 fully saturated rings. The number of hydrogen-bond acceptors (Lipinski definition) is 9. The monoisotopic (exact) mass is 585 g/mol. The van der Waals surface area contributed by atoms with Crippen molar-refractivity contribution in [2.24, 2.45) is 28.9 Å². The third-order valence-electron chi connectivity index (χ3n) is 9.55. The number of benzene rings is 1. The van der Waals surface area contributed by atoms with E-state index >= 15 is 0 Å². The lowest BCUT2D eigenvalue weighted by Crippen LogP contribution is -2.62. The number of β-amino-alcohol motifs (C(OH)–C–C–N with tert-alkyl or cyclic N) is 1. The Morgan fingerprint density at radius 3 is 2.62 bits per heavy atom. The SMILES string of the molecule is N#Cc1cnc(NCc2ccccc2OC(F)(F)F)nc1NCC12CC3C[C@@H](C1)C(N1C[C@H](O)C[C@@H]1C(N)=O)[C@@H](C3)C2. The van der Waals surface area contributed by atoms with Crippen molar-refractivity contribution < 1.29 is 27.8 Å². The highest BCUT2D eigenvalue weighted by Gasteiger charge is 2.58. The summed E-state index contributed by atoms with van der Waals surface area (Å²) in [4.78, 5) is 23.0. The summed E-state index contributed by atoms with van der Waals surface area (Å²) in [6.45, 7) is 1.10. The standard InChI is InChI=1S/C29H34F3N7O3/c30-29(31,32)42-23-4-2-1-3-17(23)12-35-27-36-13-20(11-33)26(38-27)37-15-28-8-16-5-18(9-28)24(19(6-16)10-28)39-14-21(40)7-22(39)25(34)41/h1-4,13,16,18-19,21-22,24,40H,5-10,12,14-15H2,(H2,34,41)(H2,35,36,37,38)/t16?,18-,19-,21+,22+,24?,28?/m0/s1. The van der Waals surface area contributed by atoms with Crippen LogP contribution in [0.15, 0.2) is 30.5 Å². The summed E-state index contributed by atoms with van der Waals surface area (Å²) >= 11 is 0.